The summed E-state index contributed by atoms with van der Waals surface area (Å²) in [5.41, 5.74) is 24.9. The number of aromatic nitrogens is 1. The van der Waals surface area contributed by atoms with Crippen molar-refractivity contribution in [3.63, 3.8) is 0 Å². The molecule has 132 heavy (non-hydrogen) atoms. The van der Waals surface area contributed by atoms with E-state index in [4.69, 9.17) is 28.3 Å². The van der Waals surface area contributed by atoms with Crippen molar-refractivity contribution in [1.82, 2.24) is 83.9 Å². The minimum atomic E-state index is -2.14. The zero-order valence-electron chi connectivity index (χ0n) is 74.8. The Morgan fingerprint density at radius 1 is 0.462 bits per heavy atom. The van der Waals surface area contributed by atoms with Crippen molar-refractivity contribution in [3.05, 3.63) is 138 Å². The molecule has 2 aliphatic rings. The molecule has 716 valence electrons. The number of aromatic hydroxyl groups is 1. The van der Waals surface area contributed by atoms with Crippen molar-refractivity contribution in [2.24, 2.45) is 40.7 Å². The van der Waals surface area contributed by atoms with Gasteiger partial charge in [-0.2, -0.15) is 0 Å². The van der Waals surface area contributed by atoms with Crippen LogP contribution in [0.2, 0.25) is 0 Å². The Bertz CT molecular complexity index is 4940. The Morgan fingerprint density at radius 3 is 1.42 bits per heavy atom. The number of carboxylic acid groups (broad SMARTS) is 2. The summed E-state index contributed by atoms with van der Waals surface area (Å²) in [5, 5.41) is 82.4. The molecule has 43 heteroatoms. The molecule has 4 aromatic carbocycles. The lowest BCUT2D eigenvalue weighted by Gasteiger charge is -2.34. The first-order chi connectivity index (χ1) is 62.4. The van der Waals surface area contributed by atoms with Gasteiger partial charge in [-0.3, -0.25) is 86.9 Å². The molecule has 3 heterocycles. The van der Waals surface area contributed by atoms with Gasteiger partial charge in [-0.05, 0) is 111 Å². The van der Waals surface area contributed by atoms with Crippen LogP contribution in [-0.4, -0.2) is 264 Å². The number of rotatable bonds is 50. The van der Waals surface area contributed by atoms with Crippen molar-refractivity contribution in [2.45, 2.75) is 242 Å². The Kier molecular flexibility index (Phi) is 39.9. The van der Waals surface area contributed by atoms with Crippen molar-refractivity contribution >= 4 is 123 Å². The third-order valence-electron chi connectivity index (χ3n) is 22.7. The van der Waals surface area contributed by atoms with Crippen LogP contribution in [0, 0.1) is 23.2 Å². The number of para-hydroxylation sites is 1. The summed E-state index contributed by atoms with van der Waals surface area (Å²) >= 11 is 0. The molecule has 1 aromatic heterocycles. The highest BCUT2D eigenvalue weighted by molar-refractivity contribution is 6.03. The third-order valence-corrected chi connectivity index (χ3v) is 22.7. The lowest BCUT2D eigenvalue weighted by atomic mass is 9.96. The number of likely N-dealkylation sites (tertiary alicyclic amines) is 2. The number of guanidine groups is 1. The average Bonchev–Trinajstić information content (AvgIpc) is 1.66. The summed E-state index contributed by atoms with van der Waals surface area (Å²) in [6.07, 6.45) is -2.83. The molecule has 0 spiro atoms. The molecule has 5 aromatic rings. The number of aliphatic hydroxyl groups excluding tert-OH is 1. The van der Waals surface area contributed by atoms with E-state index in [0.717, 1.165) is 6.92 Å². The molecule has 0 radical (unpaired) electrons. The number of phenolic OH excluding ortho intramolecular Hbond substituents is 1. The van der Waals surface area contributed by atoms with Gasteiger partial charge >= 0.3 is 11.9 Å². The normalized spacial score (nSPS) is 17.0. The zero-order chi connectivity index (χ0) is 97.5. The fourth-order valence-electron chi connectivity index (χ4n) is 15.2. The lowest BCUT2D eigenvalue weighted by Crippen LogP contribution is -2.62. The number of carbonyl (C=O) groups is 18. The van der Waals surface area contributed by atoms with Crippen molar-refractivity contribution in [1.29, 1.82) is 5.41 Å². The number of nitrogens with two attached hydrogens (primary N) is 4. The number of phenols is 1. The number of aliphatic hydroxyl groups is 1. The highest BCUT2D eigenvalue weighted by Crippen LogP contribution is 2.28. The summed E-state index contributed by atoms with van der Waals surface area (Å²) in [6.45, 7) is 12.2. The number of amides is 16. The lowest BCUT2D eigenvalue weighted by molar-refractivity contribution is -0.149. The standard InChI is InChI=1S/C89H123N21O22/c1-9-47(6)72(84(127)97-48(7)74(117)104-64(88(131)132)39-51-23-14-11-15-24-51)107-79(122)60(40-53-44-96-57-27-17-16-25-55(53)57)99-76(119)59(38-52-30-32-54(112)33-31-52)102-83(126)70(45(2)3)105-81(124)63(43-69(115)116)101-78(121)61(41-67(91)113)100-77(120)58(37-50-21-12-10-13-22-50)103-85(128)73(49(8)111)108-82(125)65-28-19-35-109(65)86(129)66-29-20-36-110(66)87(130)71(46(4)5)106-80(123)62(42-68(92)114)98-75(118)56(90)26-18-34-95-89(93)94/h10-17,21-25,27,30-33,44-49,56,58-66,70-73,96,111-112H,9,18-20,26,28-29,34-43,90H2,1-8H3,(H2,91,113)(H2,92,114)(H,97,127)(H,98,118)(H,99,119)(H,100,120)(H,101,121)(H,102,126)(H,103,128)(H,104,117)(H,105,124)(H,106,123)(H,107,122)(H,108,125)(H,115,116)(H,131,132)(H4,93,94,95)/t47-,48-,49+,56-,58-,59-,60-,61-,62-,63-,64-,65-,66-,70-,71-,72-,73-/m0/s1. The van der Waals surface area contributed by atoms with E-state index in [2.05, 4.69) is 74.1 Å². The molecule has 27 N–H and O–H groups in total. The first-order valence-corrected chi connectivity index (χ1v) is 43.6. The van der Waals surface area contributed by atoms with Crippen LogP contribution < -0.4 is 92.1 Å². The smallest absolute Gasteiger partial charge is 0.326 e. The summed E-state index contributed by atoms with van der Waals surface area (Å²) < 4.78 is 0. The number of nitrogens with one attached hydrogen (secondary N) is 15. The van der Waals surface area contributed by atoms with E-state index in [1.54, 1.807) is 119 Å². The molecule has 2 saturated heterocycles. The maximum absolute atomic E-state index is 15.2. The number of aromatic amines is 1. The topological polar surface area (TPSA) is 695 Å². The number of aliphatic carboxylic acids is 2. The number of benzene rings is 4. The molecule has 0 unspecified atom stereocenters. The van der Waals surface area contributed by atoms with Gasteiger partial charge in [-0.25, -0.2) is 4.79 Å². The SMILES string of the molecule is CC[C@H](C)[C@H](NC(=O)[C@H](Cc1c[nH]c2ccccc12)NC(=O)[C@H](Cc1ccc(O)cc1)NC(=O)[C@@H](NC(=O)[C@H](CC(=O)O)NC(=O)[C@H](CC(N)=O)NC(=O)[C@H](Cc1ccccc1)NC(=O)[C@@H](NC(=O)[C@@H]1CCCN1C(=O)[C@@H]1CCCN1C(=O)[C@@H](NC(=O)[C@H](CC(N)=O)NC(=O)[C@@H](N)CCCNC(=N)N)C(C)C)[C@@H](C)O)C(C)C)C(=O)N[C@@H](C)C(=O)N[C@@H](Cc1ccccc1)C(=O)O. The number of hydrogen-bond acceptors (Lipinski definition) is 22. The van der Waals surface area contributed by atoms with Crippen LogP contribution in [0.1, 0.15) is 142 Å². The van der Waals surface area contributed by atoms with E-state index in [-0.39, 0.29) is 82.7 Å². The zero-order valence-corrected chi connectivity index (χ0v) is 74.8. The number of primary amides is 2. The van der Waals surface area contributed by atoms with E-state index in [9.17, 15) is 97.1 Å². The van der Waals surface area contributed by atoms with Gasteiger partial charge in [0.15, 0.2) is 5.96 Å². The van der Waals surface area contributed by atoms with Crippen LogP contribution in [0.25, 0.3) is 10.9 Å². The molecule has 0 bridgehead atoms. The van der Waals surface area contributed by atoms with Gasteiger partial charge in [0.05, 0.1) is 31.4 Å². The summed E-state index contributed by atoms with van der Waals surface area (Å²) in [4.78, 5) is 258. The van der Waals surface area contributed by atoms with Crippen LogP contribution in [0.15, 0.2) is 115 Å². The number of carbonyl (C=O) groups excluding carboxylic acids is 16. The molecule has 0 saturated carbocycles. The minimum Gasteiger partial charge on any atom is -0.508 e. The van der Waals surface area contributed by atoms with Crippen molar-refractivity contribution < 1.29 is 107 Å². The summed E-state index contributed by atoms with van der Waals surface area (Å²) in [7, 11) is 0. The Hall–Kier alpha value is -14.1. The highest BCUT2D eigenvalue weighted by Gasteiger charge is 2.47. The van der Waals surface area contributed by atoms with E-state index in [1.807, 2.05) is 0 Å². The van der Waals surface area contributed by atoms with Gasteiger partial charge < -0.3 is 127 Å². The van der Waals surface area contributed by atoms with E-state index >= 15 is 9.59 Å². The van der Waals surface area contributed by atoms with Gasteiger partial charge in [0.25, 0.3) is 0 Å². The summed E-state index contributed by atoms with van der Waals surface area (Å²) in [6, 6.07) is 5.34. The third kappa shape index (κ3) is 31.3. The first-order valence-electron chi connectivity index (χ1n) is 43.6. The molecular weight excluding hydrogens is 1720 g/mol. The minimum absolute atomic E-state index is 0.0151. The van der Waals surface area contributed by atoms with Crippen molar-refractivity contribution in [2.75, 3.05) is 19.6 Å². The number of hydrogen-bond donors (Lipinski definition) is 23. The van der Waals surface area contributed by atoms with E-state index in [1.165, 1.54) is 54.8 Å². The number of carboxylic acids is 2. The van der Waals surface area contributed by atoms with Crippen molar-refractivity contribution in [3.8, 4) is 5.75 Å². The van der Waals surface area contributed by atoms with Crippen LogP contribution in [0.4, 0.5) is 0 Å². The monoisotopic (exact) mass is 1840 g/mol. The second kappa shape index (κ2) is 50.2. The number of H-pyrrole nitrogens is 1. The largest absolute Gasteiger partial charge is 0.508 e. The van der Waals surface area contributed by atoms with Crippen LogP contribution in [-0.2, 0) is 112 Å². The van der Waals surface area contributed by atoms with E-state index in [0.29, 0.717) is 46.0 Å². The van der Waals surface area contributed by atoms with Gasteiger partial charge in [-0.15, -0.1) is 0 Å². The van der Waals surface area contributed by atoms with Crippen LogP contribution in [0.3, 0.4) is 0 Å². The van der Waals surface area contributed by atoms with E-state index < -0.39 is 247 Å². The van der Waals surface area contributed by atoms with Gasteiger partial charge in [0, 0.05) is 62.4 Å². The molecule has 43 nitrogen and oxygen atoms in total. The van der Waals surface area contributed by atoms with Gasteiger partial charge in [0.1, 0.15) is 90.3 Å². The van der Waals surface area contributed by atoms with Crippen LogP contribution in [0.5, 0.6) is 5.75 Å². The number of fused-ring (bicyclic) bond motifs is 1. The predicted octanol–water partition coefficient (Wildman–Crippen LogP) is -3.40. The predicted molar refractivity (Wildman–Crippen MR) is 478 cm³/mol. The van der Waals surface area contributed by atoms with Gasteiger partial charge in [0.2, 0.25) is 94.5 Å². The molecular formula is C89H123N21O22. The quantitative estimate of drug-likeness (QED) is 0.0103. The first kappa shape index (κ1) is 105. The Morgan fingerprint density at radius 2 is 0.894 bits per heavy atom. The fourth-order valence-corrected chi connectivity index (χ4v) is 15.2. The average molecular weight is 1840 g/mol. The Balaban J connectivity index is 1.06. The molecule has 2 aliphatic heterocycles. The molecule has 7 rings (SSSR count). The maximum Gasteiger partial charge on any atom is 0.326 e. The second-order valence-corrected chi connectivity index (χ2v) is 33.8. The molecule has 2 fully saturated rings. The van der Waals surface area contributed by atoms with Gasteiger partial charge in [-0.1, -0.05) is 139 Å². The second-order valence-electron chi connectivity index (χ2n) is 33.8. The maximum atomic E-state index is 15.2. The van der Waals surface area contributed by atoms with Crippen LogP contribution >= 0.6 is 0 Å². The summed E-state index contributed by atoms with van der Waals surface area (Å²) in [5.74, 6) is -21.9. The highest BCUT2D eigenvalue weighted by atomic mass is 16.4. The fraction of sp³-hybridized carbons (Fsp3) is 0.494. The Labute approximate surface area is 761 Å². The number of nitrogens with zero attached hydrogens (tertiary/aromatic N) is 2. The molecule has 16 amide bonds. The molecule has 17 atom stereocenters. The molecule has 0 aliphatic carbocycles.